The van der Waals surface area contributed by atoms with Crippen molar-refractivity contribution in [3.63, 3.8) is 0 Å². The third-order valence-corrected chi connectivity index (χ3v) is 2.20. The van der Waals surface area contributed by atoms with E-state index < -0.39 is 47.0 Å². The second-order valence-electron chi connectivity index (χ2n) is 3.59. The van der Waals surface area contributed by atoms with Crippen LogP contribution in [0.25, 0.3) is 0 Å². The summed E-state index contributed by atoms with van der Waals surface area (Å²) < 4.78 is 0. The molecule has 0 fully saturated rings. The highest BCUT2D eigenvalue weighted by Crippen LogP contribution is 2.21. The molecular formula is C8H10N8O6. The summed E-state index contributed by atoms with van der Waals surface area (Å²) >= 11 is 0. The third-order valence-electron chi connectivity index (χ3n) is 2.20. The Morgan fingerprint density at radius 1 is 0.773 bits per heavy atom. The molecule has 0 saturated carbocycles. The van der Waals surface area contributed by atoms with Crippen LogP contribution in [0, 0.1) is 0 Å². The molecule has 0 unspecified atom stereocenters. The number of carboxylic acid groups (broad SMARTS) is 2. The summed E-state index contributed by atoms with van der Waals surface area (Å²) in [7, 11) is 0. The van der Waals surface area contributed by atoms with Gasteiger partial charge in [-0.25, -0.2) is 50.8 Å². The zero-order valence-corrected chi connectivity index (χ0v) is 10.6. The normalized spacial score (nSPS) is 9.91. The monoisotopic (exact) mass is 314 g/mol. The lowest BCUT2D eigenvalue weighted by atomic mass is 10.3. The minimum Gasteiger partial charge on any atom is -0.476 e. The number of hydrazine groups is 2. The summed E-state index contributed by atoms with van der Waals surface area (Å²) in [5, 5.41) is 18.2. The van der Waals surface area contributed by atoms with Gasteiger partial charge in [0.2, 0.25) is 0 Å². The van der Waals surface area contributed by atoms with Crippen molar-refractivity contribution in [2.24, 2.45) is 23.2 Å². The maximum atomic E-state index is 11.1. The maximum Gasteiger partial charge on any atom is 0.358 e. The van der Waals surface area contributed by atoms with Crippen LogP contribution in [0.1, 0.15) is 21.0 Å². The van der Waals surface area contributed by atoms with Gasteiger partial charge in [0.05, 0.1) is 0 Å². The Kier molecular flexibility index (Phi) is 4.40. The minimum absolute atomic E-state index is 0.0673. The number of carboxylic acids is 2. The average Bonchev–Trinajstić information content (AvgIpc) is 2.43. The van der Waals surface area contributed by atoms with Crippen molar-refractivity contribution in [2.45, 2.75) is 0 Å². The molecule has 0 atom stereocenters. The van der Waals surface area contributed by atoms with Crippen LogP contribution in [0.4, 0.5) is 21.2 Å². The molecule has 1 aromatic heterocycles. The van der Waals surface area contributed by atoms with Crippen molar-refractivity contribution >= 4 is 35.6 Å². The number of carbonyl (C=O) groups is 4. The summed E-state index contributed by atoms with van der Waals surface area (Å²) in [6, 6.07) is -2.67. The molecule has 1 heterocycles. The molecule has 0 aliphatic heterocycles. The van der Waals surface area contributed by atoms with E-state index in [0.717, 1.165) is 0 Å². The molecule has 0 bridgehead atoms. The van der Waals surface area contributed by atoms with Gasteiger partial charge in [-0.2, -0.15) is 0 Å². The molecule has 10 N–H and O–H groups in total. The van der Waals surface area contributed by atoms with Crippen molar-refractivity contribution in [3.05, 3.63) is 11.4 Å². The molecule has 14 nitrogen and oxygen atoms in total. The first kappa shape index (κ1) is 16.5. The van der Waals surface area contributed by atoms with E-state index in [-0.39, 0.29) is 10.0 Å². The SMILES string of the molecule is NC(=O)N(N)c1nc(C(=O)O)c(N(N)C(N)=O)nc1C(=O)O. The largest absolute Gasteiger partial charge is 0.476 e. The number of amides is 4. The Hall–Kier alpha value is -3.52. The maximum absolute atomic E-state index is 11.1. The molecule has 0 aliphatic carbocycles. The van der Waals surface area contributed by atoms with Gasteiger partial charge in [0, 0.05) is 0 Å². The number of anilines is 2. The van der Waals surface area contributed by atoms with Crippen LogP contribution >= 0.6 is 0 Å². The Morgan fingerprint density at radius 2 is 1.05 bits per heavy atom. The molecule has 22 heavy (non-hydrogen) atoms. The van der Waals surface area contributed by atoms with Crippen LogP contribution in [-0.2, 0) is 0 Å². The Balaban J connectivity index is 3.72. The van der Waals surface area contributed by atoms with E-state index in [1.54, 1.807) is 0 Å². The summed E-state index contributed by atoms with van der Waals surface area (Å²) in [5.41, 5.74) is 7.76. The van der Waals surface area contributed by atoms with Gasteiger partial charge in [-0.15, -0.1) is 0 Å². The van der Waals surface area contributed by atoms with Gasteiger partial charge in [-0.3, -0.25) is 0 Å². The zero-order valence-electron chi connectivity index (χ0n) is 10.6. The number of nitrogens with zero attached hydrogens (tertiary/aromatic N) is 4. The molecule has 0 saturated heterocycles. The van der Waals surface area contributed by atoms with Gasteiger partial charge in [-0.05, 0) is 0 Å². The summed E-state index contributed by atoms with van der Waals surface area (Å²) in [6.45, 7) is 0. The van der Waals surface area contributed by atoms with E-state index in [1.807, 2.05) is 0 Å². The predicted octanol–water partition coefficient (Wildman–Crippen LogP) is -2.61. The first-order valence-corrected chi connectivity index (χ1v) is 5.15. The van der Waals surface area contributed by atoms with E-state index in [1.165, 1.54) is 0 Å². The summed E-state index contributed by atoms with van der Waals surface area (Å²) in [4.78, 5) is 50.9. The van der Waals surface area contributed by atoms with Crippen LogP contribution in [0.3, 0.4) is 0 Å². The molecule has 118 valence electrons. The molecule has 4 amide bonds. The van der Waals surface area contributed by atoms with Crippen LogP contribution in [0.2, 0.25) is 0 Å². The fourth-order valence-corrected chi connectivity index (χ4v) is 1.25. The smallest absolute Gasteiger partial charge is 0.358 e. The number of aromatic carboxylic acids is 2. The van der Waals surface area contributed by atoms with E-state index in [0.29, 0.717) is 0 Å². The highest BCUT2D eigenvalue weighted by atomic mass is 16.4. The number of carbonyl (C=O) groups excluding carboxylic acids is 2. The predicted molar refractivity (Wildman–Crippen MR) is 68.5 cm³/mol. The summed E-state index contributed by atoms with van der Waals surface area (Å²) in [5.74, 6) is 5.18. The van der Waals surface area contributed by atoms with E-state index >= 15 is 0 Å². The van der Waals surface area contributed by atoms with Crippen molar-refractivity contribution in [2.75, 3.05) is 10.0 Å². The van der Waals surface area contributed by atoms with Gasteiger partial charge in [-0.1, -0.05) is 0 Å². The number of nitrogens with two attached hydrogens (primary N) is 4. The average molecular weight is 314 g/mol. The Morgan fingerprint density at radius 3 is 1.23 bits per heavy atom. The Bertz CT molecular complexity index is 617. The van der Waals surface area contributed by atoms with Crippen LogP contribution in [0.5, 0.6) is 0 Å². The van der Waals surface area contributed by atoms with E-state index in [9.17, 15) is 19.2 Å². The quantitative estimate of drug-likeness (QED) is 0.192. The van der Waals surface area contributed by atoms with Gasteiger partial charge >= 0.3 is 24.0 Å². The zero-order chi connectivity index (χ0) is 17.2. The number of rotatable bonds is 4. The molecule has 0 aliphatic rings. The highest BCUT2D eigenvalue weighted by Gasteiger charge is 2.29. The lowest BCUT2D eigenvalue weighted by molar-refractivity contribution is 0.0672. The van der Waals surface area contributed by atoms with Gasteiger partial charge in [0.1, 0.15) is 0 Å². The molecule has 1 rings (SSSR count). The molecule has 1 aromatic rings. The second kappa shape index (κ2) is 5.85. The van der Waals surface area contributed by atoms with Crippen molar-refractivity contribution in [3.8, 4) is 0 Å². The minimum atomic E-state index is -1.74. The van der Waals surface area contributed by atoms with Crippen molar-refractivity contribution < 1.29 is 29.4 Å². The van der Waals surface area contributed by atoms with Crippen LogP contribution in [-0.4, -0.2) is 44.2 Å². The fraction of sp³-hybridized carbons (Fsp3) is 0. The number of aromatic nitrogens is 2. The van der Waals surface area contributed by atoms with Crippen LogP contribution < -0.4 is 33.2 Å². The van der Waals surface area contributed by atoms with E-state index in [2.05, 4.69) is 9.97 Å². The second-order valence-corrected chi connectivity index (χ2v) is 3.59. The first-order chi connectivity index (χ1) is 10.1. The molecule has 0 radical (unpaired) electrons. The number of primary amides is 2. The van der Waals surface area contributed by atoms with Gasteiger partial charge in [0.25, 0.3) is 0 Å². The highest BCUT2D eigenvalue weighted by molar-refractivity contribution is 6.02. The topological polar surface area (TPSA) is 245 Å². The first-order valence-electron chi connectivity index (χ1n) is 5.15. The summed E-state index contributed by atoms with van der Waals surface area (Å²) in [6.07, 6.45) is 0. The lowest BCUT2D eigenvalue weighted by Crippen LogP contribution is -2.45. The molecule has 0 aromatic carbocycles. The number of hydrogen-bond acceptors (Lipinski definition) is 8. The van der Waals surface area contributed by atoms with Gasteiger partial charge < -0.3 is 21.7 Å². The Labute approximate surface area is 120 Å². The fourth-order valence-electron chi connectivity index (χ4n) is 1.25. The molecule has 14 heteroatoms. The molecule has 0 spiro atoms. The lowest BCUT2D eigenvalue weighted by Gasteiger charge is -2.19. The number of urea groups is 2. The van der Waals surface area contributed by atoms with Crippen molar-refractivity contribution in [1.82, 2.24) is 9.97 Å². The van der Waals surface area contributed by atoms with Gasteiger partial charge in [0.15, 0.2) is 23.0 Å². The number of hydrogen-bond donors (Lipinski definition) is 6. The van der Waals surface area contributed by atoms with Crippen LogP contribution in [0.15, 0.2) is 0 Å². The standard InChI is InChI=1S/C8H10N8O6/c9-7(21)15(11)3-1(5(17)18)13-4(16(12)8(10)22)2(14-3)6(19)20/h11-12H2,(H2,9,21)(H2,10,22)(H,17,18)(H,19,20). The van der Waals surface area contributed by atoms with Crippen molar-refractivity contribution in [1.29, 1.82) is 0 Å². The molecular weight excluding hydrogens is 304 g/mol. The third kappa shape index (κ3) is 2.97. The van der Waals surface area contributed by atoms with E-state index in [4.69, 9.17) is 33.4 Å².